The molecule has 3 N–H and O–H groups in total. The van der Waals surface area contributed by atoms with Crippen molar-refractivity contribution in [3.63, 3.8) is 0 Å². The third-order valence-corrected chi connectivity index (χ3v) is 8.01. The molecule has 0 spiro atoms. The molecule has 212 valence electrons. The summed E-state index contributed by atoms with van der Waals surface area (Å²) >= 11 is 0. The van der Waals surface area contributed by atoms with E-state index in [1.54, 1.807) is 45.5 Å². The van der Waals surface area contributed by atoms with Gasteiger partial charge in [0.2, 0.25) is 0 Å². The number of esters is 2. The second kappa shape index (κ2) is 12.5. The zero-order valence-corrected chi connectivity index (χ0v) is 23.8. The molecule has 3 atom stereocenters. The molecule has 1 saturated carbocycles. The Balaban J connectivity index is 1.72. The molecule has 0 saturated heterocycles. The van der Waals surface area contributed by atoms with Crippen molar-refractivity contribution < 1.29 is 32.9 Å². The number of nitrogens with one attached hydrogen (secondary N) is 1. The van der Waals surface area contributed by atoms with Gasteiger partial charge in [-0.1, -0.05) is 0 Å². The summed E-state index contributed by atoms with van der Waals surface area (Å²) in [7, 11) is -3.94. The van der Waals surface area contributed by atoms with Crippen LogP contribution in [0.3, 0.4) is 0 Å². The molecule has 1 aliphatic rings. The van der Waals surface area contributed by atoms with Crippen LogP contribution in [0.25, 0.3) is 11.2 Å². The predicted octanol–water partition coefficient (Wildman–Crippen LogP) is 3.17. The van der Waals surface area contributed by atoms with Gasteiger partial charge in [-0.15, -0.1) is 0 Å². The molecule has 14 heteroatoms. The number of hydrogen-bond acceptors (Lipinski definition) is 11. The highest BCUT2D eigenvalue weighted by molar-refractivity contribution is 7.56. The van der Waals surface area contributed by atoms with Gasteiger partial charge in [-0.2, -0.15) is 0 Å². The predicted molar refractivity (Wildman–Crippen MR) is 140 cm³/mol. The highest BCUT2D eigenvalue weighted by Crippen LogP contribution is 2.46. The number of carbonyl (C=O) groups is 2. The Kier molecular flexibility index (Phi) is 9.85. The smallest absolute Gasteiger partial charge is 0.335 e. The van der Waals surface area contributed by atoms with Crippen molar-refractivity contribution in [3.8, 4) is 0 Å². The maximum absolute atomic E-state index is 14.0. The van der Waals surface area contributed by atoms with Gasteiger partial charge >= 0.3 is 11.9 Å². The summed E-state index contributed by atoms with van der Waals surface area (Å²) in [6, 6.07) is 0. The standard InChI is InChI=1S/C24H39N6O7P/c1-15(2)35-22(31)17(4)37-38(33,29-24(5,6)23(32)36-18-9-7-8-10-18)14-34-16(3)11-30-13-28-19-20(25)26-12-27-21(19)30/h12-13,15-18H,7-11,14H2,1-6H3,(H,29,33)(H2,25,26,27)/t16-,17+,38+/m1/s1. The van der Waals surface area contributed by atoms with Crippen LogP contribution in [-0.2, 0) is 39.4 Å². The summed E-state index contributed by atoms with van der Waals surface area (Å²) in [4.78, 5) is 37.7. The Labute approximate surface area is 222 Å². The second-order valence-corrected chi connectivity index (χ2v) is 12.4. The van der Waals surface area contributed by atoms with Crippen LogP contribution in [0.4, 0.5) is 5.82 Å². The molecule has 2 heterocycles. The lowest BCUT2D eigenvalue weighted by atomic mass is 10.1. The number of fused-ring (bicyclic) bond motifs is 1. The maximum Gasteiger partial charge on any atom is 0.335 e. The van der Waals surface area contributed by atoms with E-state index in [-0.39, 0.29) is 18.0 Å². The number of nitrogens with two attached hydrogens (primary N) is 1. The average molecular weight is 555 g/mol. The van der Waals surface area contributed by atoms with Crippen molar-refractivity contribution in [2.24, 2.45) is 0 Å². The van der Waals surface area contributed by atoms with Crippen molar-refractivity contribution in [3.05, 3.63) is 12.7 Å². The van der Waals surface area contributed by atoms with Crippen LogP contribution >= 0.6 is 7.52 Å². The van der Waals surface area contributed by atoms with Crippen LogP contribution in [0.5, 0.6) is 0 Å². The van der Waals surface area contributed by atoms with E-state index in [1.807, 2.05) is 0 Å². The number of hydrogen-bond donors (Lipinski definition) is 2. The Morgan fingerprint density at radius 2 is 1.87 bits per heavy atom. The number of carbonyl (C=O) groups excluding carboxylic acids is 2. The number of aromatic nitrogens is 4. The number of anilines is 1. The fraction of sp³-hybridized carbons (Fsp3) is 0.708. The van der Waals surface area contributed by atoms with Gasteiger partial charge in [0.05, 0.1) is 25.1 Å². The normalized spacial score (nSPS) is 17.9. The van der Waals surface area contributed by atoms with Crippen molar-refractivity contribution in [2.45, 2.75) is 104 Å². The molecule has 0 aromatic carbocycles. The van der Waals surface area contributed by atoms with E-state index in [4.69, 9.17) is 24.5 Å². The Morgan fingerprint density at radius 1 is 1.18 bits per heavy atom. The molecule has 3 rings (SSSR count). The zero-order chi connectivity index (χ0) is 28.1. The number of nitrogen functional groups attached to an aromatic ring is 1. The van der Waals surface area contributed by atoms with Gasteiger partial charge < -0.3 is 29.0 Å². The first-order valence-electron chi connectivity index (χ1n) is 12.8. The van der Waals surface area contributed by atoms with Crippen LogP contribution in [0.1, 0.15) is 67.2 Å². The number of ether oxygens (including phenoxy) is 3. The van der Waals surface area contributed by atoms with Crippen LogP contribution in [0.2, 0.25) is 0 Å². The average Bonchev–Trinajstić information content (AvgIpc) is 3.48. The molecule has 0 aliphatic heterocycles. The monoisotopic (exact) mass is 554 g/mol. The molecule has 2 aromatic rings. The highest BCUT2D eigenvalue weighted by Gasteiger charge is 2.41. The molecule has 0 bridgehead atoms. The molecule has 0 amide bonds. The van der Waals surface area contributed by atoms with Gasteiger partial charge in [0.15, 0.2) is 17.6 Å². The van der Waals surface area contributed by atoms with Crippen molar-refractivity contribution >= 4 is 36.4 Å². The van der Waals surface area contributed by atoms with Crippen molar-refractivity contribution in [1.29, 1.82) is 0 Å². The van der Waals surface area contributed by atoms with Gasteiger partial charge in [-0.3, -0.25) is 9.36 Å². The highest BCUT2D eigenvalue weighted by atomic mass is 31.2. The van der Waals surface area contributed by atoms with E-state index < -0.39 is 43.6 Å². The number of imidazole rings is 1. The molecule has 38 heavy (non-hydrogen) atoms. The van der Waals surface area contributed by atoms with E-state index in [2.05, 4.69) is 20.0 Å². The van der Waals surface area contributed by atoms with E-state index in [0.717, 1.165) is 25.7 Å². The molecular formula is C24H39N6O7P. The molecule has 0 unspecified atom stereocenters. The van der Waals surface area contributed by atoms with Crippen LogP contribution < -0.4 is 10.8 Å². The van der Waals surface area contributed by atoms with Gasteiger partial charge in [0.1, 0.15) is 29.8 Å². The summed E-state index contributed by atoms with van der Waals surface area (Å²) in [6.45, 7) is 10.0. The van der Waals surface area contributed by atoms with E-state index >= 15 is 0 Å². The molecule has 13 nitrogen and oxygen atoms in total. The second-order valence-electron chi connectivity index (χ2n) is 10.4. The van der Waals surface area contributed by atoms with E-state index in [9.17, 15) is 14.2 Å². The minimum atomic E-state index is -3.94. The SMILES string of the molecule is CC(C)OC(=O)[C@H](C)O[P@@](=O)(CO[C@H](C)Cn1cnc2c(N)ncnc21)NC(C)(C)C(=O)OC1CCCC1. The minimum Gasteiger partial charge on any atom is -0.461 e. The molecule has 1 aliphatic carbocycles. The lowest BCUT2D eigenvalue weighted by Crippen LogP contribution is -2.48. The van der Waals surface area contributed by atoms with Gasteiger partial charge in [0.25, 0.3) is 7.52 Å². The Hall–Kier alpha value is -2.60. The van der Waals surface area contributed by atoms with Crippen LogP contribution in [-0.4, -0.2) is 67.8 Å². The first kappa shape index (κ1) is 29.9. The minimum absolute atomic E-state index is 0.164. The number of rotatable bonds is 13. The first-order chi connectivity index (χ1) is 17.8. The summed E-state index contributed by atoms with van der Waals surface area (Å²) in [6.07, 6.45) is 3.90. The van der Waals surface area contributed by atoms with Gasteiger partial charge in [0, 0.05) is 0 Å². The summed E-state index contributed by atoms with van der Waals surface area (Å²) < 4.78 is 38.2. The molecule has 0 radical (unpaired) electrons. The van der Waals surface area contributed by atoms with E-state index in [0.29, 0.717) is 17.7 Å². The Bertz CT molecular complexity index is 1160. The third kappa shape index (κ3) is 7.95. The largest absolute Gasteiger partial charge is 0.461 e. The Morgan fingerprint density at radius 3 is 2.53 bits per heavy atom. The van der Waals surface area contributed by atoms with E-state index in [1.165, 1.54) is 13.3 Å². The van der Waals surface area contributed by atoms with Crippen molar-refractivity contribution in [1.82, 2.24) is 24.6 Å². The first-order valence-corrected chi connectivity index (χ1v) is 14.6. The van der Waals surface area contributed by atoms with Crippen molar-refractivity contribution in [2.75, 3.05) is 12.1 Å². The topological polar surface area (TPSA) is 170 Å². The van der Waals surface area contributed by atoms with Gasteiger partial charge in [-0.25, -0.2) is 24.8 Å². The summed E-state index contributed by atoms with van der Waals surface area (Å²) in [5.74, 6) is -0.970. The van der Waals surface area contributed by atoms with Gasteiger partial charge in [-0.05, 0) is 67.2 Å². The maximum atomic E-state index is 14.0. The molecule has 2 aromatic heterocycles. The summed E-state index contributed by atoms with van der Waals surface area (Å²) in [5.41, 5.74) is 5.48. The fourth-order valence-corrected chi connectivity index (χ4v) is 6.25. The lowest BCUT2D eigenvalue weighted by molar-refractivity contribution is -0.155. The zero-order valence-electron chi connectivity index (χ0n) is 22.9. The third-order valence-electron chi connectivity index (χ3n) is 5.96. The van der Waals surface area contributed by atoms with Crippen LogP contribution in [0, 0.1) is 0 Å². The molecular weight excluding hydrogens is 515 g/mol. The molecule has 1 fully saturated rings. The lowest BCUT2D eigenvalue weighted by Gasteiger charge is -2.32. The summed E-state index contributed by atoms with van der Waals surface area (Å²) in [5, 5.41) is 2.80. The quantitative estimate of drug-likeness (QED) is 0.274. The fourth-order valence-electron chi connectivity index (χ4n) is 4.08. The van der Waals surface area contributed by atoms with Crippen LogP contribution in [0.15, 0.2) is 12.7 Å². The number of nitrogens with zero attached hydrogens (tertiary/aromatic N) is 4.